The third-order valence-corrected chi connectivity index (χ3v) is 8.92. The molecule has 4 heterocycles. The summed E-state index contributed by atoms with van der Waals surface area (Å²) in [6.07, 6.45) is -0.0969. The molecule has 2 aliphatic heterocycles. The fraction of sp³-hybridized carbons (Fsp3) is 0.389. The molecule has 4 N–H and O–H groups in total. The van der Waals surface area contributed by atoms with Crippen LogP contribution in [-0.4, -0.2) is 50.9 Å². The minimum atomic E-state index is -1.44. The molecular formula is C36H39N5O8. The van der Waals surface area contributed by atoms with Crippen LogP contribution in [0.1, 0.15) is 86.4 Å². The van der Waals surface area contributed by atoms with Crippen molar-refractivity contribution in [2.75, 3.05) is 5.32 Å². The van der Waals surface area contributed by atoms with Gasteiger partial charge in [0.05, 0.1) is 0 Å². The van der Waals surface area contributed by atoms with Crippen LogP contribution >= 0.6 is 0 Å². The Labute approximate surface area is 282 Å². The molecule has 6 rings (SSSR count). The van der Waals surface area contributed by atoms with Crippen LogP contribution < -0.4 is 16.0 Å². The molecule has 0 aliphatic carbocycles. The maximum atomic E-state index is 14.0. The number of hydrogen-bond donors (Lipinski definition) is 4. The van der Waals surface area contributed by atoms with Crippen molar-refractivity contribution in [3.63, 3.8) is 0 Å². The summed E-state index contributed by atoms with van der Waals surface area (Å²) in [5.74, 6) is -2.61. The minimum Gasteiger partial charge on any atom is -0.456 e. The normalized spacial score (nSPS) is 20.9. The number of ether oxygens (including phenoxy) is 1. The molecule has 13 nitrogen and oxygen atoms in total. The second-order valence-electron chi connectivity index (χ2n) is 14.1. The lowest BCUT2D eigenvalue weighted by atomic mass is 9.79. The van der Waals surface area contributed by atoms with Crippen molar-refractivity contribution in [3.8, 4) is 11.6 Å². The summed E-state index contributed by atoms with van der Waals surface area (Å²) in [6, 6.07) is 12.5. The van der Waals surface area contributed by atoms with Crippen LogP contribution in [0.5, 0.6) is 0 Å². The molecule has 13 heteroatoms. The van der Waals surface area contributed by atoms with E-state index in [1.165, 1.54) is 0 Å². The number of carbonyl (C=O) groups is 4. The molecule has 49 heavy (non-hydrogen) atoms. The second kappa shape index (κ2) is 12.6. The Morgan fingerprint density at radius 1 is 1.12 bits per heavy atom. The van der Waals surface area contributed by atoms with Gasteiger partial charge in [-0.05, 0) is 41.0 Å². The van der Waals surface area contributed by atoms with Crippen LogP contribution in [0.4, 0.5) is 5.69 Å². The van der Waals surface area contributed by atoms with Gasteiger partial charge in [0.25, 0.3) is 0 Å². The quantitative estimate of drug-likeness (QED) is 0.208. The van der Waals surface area contributed by atoms with Gasteiger partial charge in [0, 0.05) is 12.1 Å². The van der Waals surface area contributed by atoms with Crippen LogP contribution in [0.3, 0.4) is 0 Å². The van der Waals surface area contributed by atoms with E-state index in [1.54, 1.807) is 39.0 Å². The number of benzene rings is 2. The van der Waals surface area contributed by atoms with E-state index in [-0.39, 0.29) is 47.9 Å². The van der Waals surface area contributed by atoms with E-state index in [4.69, 9.17) is 18.6 Å². The van der Waals surface area contributed by atoms with Gasteiger partial charge in [-0.25, -0.2) is 14.8 Å². The first kappa shape index (κ1) is 33.6. The van der Waals surface area contributed by atoms with Crippen LogP contribution in [0, 0.1) is 11.3 Å². The summed E-state index contributed by atoms with van der Waals surface area (Å²) < 4.78 is 17.7. The zero-order valence-electron chi connectivity index (χ0n) is 28.1. The Kier molecular flexibility index (Phi) is 8.65. The molecule has 2 aliphatic rings. The molecule has 4 aromatic rings. The smallest absolute Gasteiger partial charge is 0.360 e. The molecule has 0 unspecified atom stereocenters. The average Bonchev–Trinajstić information content (AvgIpc) is 3.78. The minimum absolute atomic E-state index is 0.0312. The lowest BCUT2D eigenvalue weighted by molar-refractivity contribution is -0.136. The van der Waals surface area contributed by atoms with Crippen LogP contribution in [0.15, 0.2) is 63.6 Å². The van der Waals surface area contributed by atoms with E-state index in [9.17, 15) is 24.3 Å². The van der Waals surface area contributed by atoms with Gasteiger partial charge in [0.15, 0.2) is 17.1 Å². The molecule has 0 fully saturated rings. The lowest BCUT2D eigenvalue weighted by Crippen LogP contribution is -2.53. The molecule has 0 saturated heterocycles. The number of hydrogen-bond acceptors (Lipinski definition) is 10. The number of amides is 3. The topological polar surface area (TPSA) is 186 Å². The van der Waals surface area contributed by atoms with E-state index >= 15 is 0 Å². The summed E-state index contributed by atoms with van der Waals surface area (Å²) >= 11 is 0. The zero-order valence-corrected chi connectivity index (χ0v) is 28.1. The molecule has 2 aromatic carbocycles. The summed E-state index contributed by atoms with van der Waals surface area (Å²) in [5.41, 5.74) is 0.364. The SMILES string of the molecule is CC(C)[C@H](O)C(=O)N[C@H]1Cc2ccc3c(c2)[C@](C)(C(=O)N3)c2oc(nc2-c2nc(C(=O)OCc3ccccc3)co2)[C@H](C(C)(C)C)NC1=O. The molecule has 4 atom stereocenters. The van der Waals surface area contributed by atoms with Gasteiger partial charge in [-0.15, -0.1) is 0 Å². The Morgan fingerprint density at radius 2 is 1.86 bits per heavy atom. The Balaban J connectivity index is 1.45. The number of carbonyl (C=O) groups excluding carboxylic acids is 4. The van der Waals surface area contributed by atoms with Crippen molar-refractivity contribution >= 4 is 29.4 Å². The van der Waals surface area contributed by atoms with Crippen molar-refractivity contribution in [1.82, 2.24) is 20.6 Å². The van der Waals surface area contributed by atoms with E-state index < -0.39 is 52.7 Å². The Morgan fingerprint density at radius 3 is 2.55 bits per heavy atom. The molecule has 256 valence electrons. The molecule has 0 saturated carbocycles. The molecule has 4 bridgehead atoms. The standard InChI is InChI=1S/C36H39N5O8/c1-18(2)26(42)30(44)37-23-15-20-12-13-22-21(14-20)36(6,34(46)39-22)28-25(40-32(49-28)27(35(3,4)5)41-29(23)43)31-38-24(17-47-31)33(45)48-16-19-10-8-7-9-11-19/h7-14,17-18,23,26-27,42H,15-16H2,1-6H3,(H,37,44)(H,39,46)(H,41,43)/t23-,26-,27+,36-/m0/s1. The summed E-state index contributed by atoms with van der Waals surface area (Å²) in [4.78, 5) is 62.9. The number of anilines is 1. The second-order valence-corrected chi connectivity index (χ2v) is 14.1. The first-order chi connectivity index (χ1) is 23.2. The first-order valence-electron chi connectivity index (χ1n) is 16.1. The highest BCUT2D eigenvalue weighted by molar-refractivity contribution is 6.08. The van der Waals surface area contributed by atoms with Gasteiger partial charge in [-0.2, -0.15) is 0 Å². The van der Waals surface area contributed by atoms with Gasteiger partial charge in [-0.3, -0.25) is 14.4 Å². The molecule has 0 radical (unpaired) electrons. The van der Waals surface area contributed by atoms with Gasteiger partial charge < -0.3 is 34.6 Å². The van der Waals surface area contributed by atoms with Gasteiger partial charge >= 0.3 is 5.97 Å². The van der Waals surface area contributed by atoms with Gasteiger partial charge in [-0.1, -0.05) is 77.1 Å². The maximum Gasteiger partial charge on any atom is 0.360 e. The van der Waals surface area contributed by atoms with E-state index in [0.717, 1.165) is 11.8 Å². The zero-order chi connectivity index (χ0) is 35.2. The van der Waals surface area contributed by atoms with E-state index in [1.807, 2.05) is 51.1 Å². The van der Waals surface area contributed by atoms with Crippen LogP contribution in [0.25, 0.3) is 11.6 Å². The van der Waals surface area contributed by atoms with Gasteiger partial charge in [0.2, 0.25) is 29.5 Å². The highest BCUT2D eigenvalue weighted by atomic mass is 16.5. The first-order valence-corrected chi connectivity index (χ1v) is 16.1. The third-order valence-electron chi connectivity index (χ3n) is 8.92. The van der Waals surface area contributed by atoms with Crippen molar-refractivity contribution in [2.24, 2.45) is 11.3 Å². The monoisotopic (exact) mass is 669 g/mol. The fourth-order valence-corrected chi connectivity index (χ4v) is 5.95. The number of fused-ring (bicyclic) bond motifs is 4. The van der Waals surface area contributed by atoms with E-state index in [2.05, 4.69) is 20.9 Å². The molecule has 0 spiro atoms. The van der Waals surface area contributed by atoms with Gasteiger partial charge in [0.1, 0.15) is 36.5 Å². The largest absolute Gasteiger partial charge is 0.456 e. The summed E-state index contributed by atoms with van der Waals surface area (Å²) in [7, 11) is 0. The number of rotatable bonds is 7. The number of aliphatic hydroxyl groups excluding tert-OH is 1. The number of esters is 1. The Bertz CT molecular complexity index is 1920. The van der Waals surface area contributed by atoms with Crippen molar-refractivity contribution in [1.29, 1.82) is 0 Å². The van der Waals surface area contributed by atoms with E-state index in [0.29, 0.717) is 16.8 Å². The van der Waals surface area contributed by atoms with Crippen molar-refractivity contribution in [3.05, 3.63) is 88.8 Å². The summed E-state index contributed by atoms with van der Waals surface area (Å²) in [5, 5.41) is 19.1. The Hall–Kier alpha value is -5.30. The summed E-state index contributed by atoms with van der Waals surface area (Å²) in [6.45, 7) is 10.8. The molecular weight excluding hydrogens is 630 g/mol. The van der Waals surface area contributed by atoms with Crippen molar-refractivity contribution in [2.45, 2.75) is 78.2 Å². The van der Waals surface area contributed by atoms with Crippen LogP contribution in [-0.2, 0) is 37.6 Å². The predicted octanol–water partition coefficient (Wildman–Crippen LogP) is 4.21. The number of nitrogens with one attached hydrogen (secondary N) is 3. The molecule has 2 aromatic heterocycles. The average molecular weight is 670 g/mol. The predicted molar refractivity (Wildman–Crippen MR) is 176 cm³/mol. The highest BCUT2D eigenvalue weighted by Gasteiger charge is 2.51. The third kappa shape index (κ3) is 6.33. The number of aliphatic hydroxyl groups is 1. The number of nitrogens with zero attached hydrogens (tertiary/aromatic N) is 2. The lowest BCUT2D eigenvalue weighted by Gasteiger charge is -2.31. The van der Waals surface area contributed by atoms with Crippen molar-refractivity contribution < 1.29 is 37.9 Å². The maximum absolute atomic E-state index is 14.0. The fourth-order valence-electron chi connectivity index (χ4n) is 5.95. The number of aromatic nitrogens is 2. The highest BCUT2D eigenvalue weighted by Crippen LogP contribution is 2.48. The number of oxazole rings is 2. The molecule has 3 amide bonds. The van der Waals surface area contributed by atoms with Crippen LogP contribution in [0.2, 0.25) is 0 Å².